The third-order valence-corrected chi connectivity index (χ3v) is 5.65. The summed E-state index contributed by atoms with van der Waals surface area (Å²) in [6, 6.07) is 12.5. The van der Waals surface area contributed by atoms with Crippen molar-refractivity contribution in [2.45, 2.75) is 38.8 Å². The first-order valence-corrected chi connectivity index (χ1v) is 10.2. The standard InChI is InChI=1S/C22H25BrN2O3/c1-14-6-11-20(28-3)18(13-14)15(2)24-21(26)19-5-4-12-25(19)22(27)16-7-9-17(23)10-8-16/h6-11,13,15,19H,4-5,12H2,1-3H3,(H,24,26)/t15-,19-/m0/s1. The summed E-state index contributed by atoms with van der Waals surface area (Å²) in [7, 11) is 1.62. The van der Waals surface area contributed by atoms with Crippen molar-refractivity contribution in [2.75, 3.05) is 13.7 Å². The lowest BCUT2D eigenvalue weighted by Crippen LogP contribution is -2.46. The van der Waals surface area contributed by atoms with Gasteiger partial charge in [0, 0.05) is 22.1 Å². The fourth-order valence-corrected chi connectivity index (χ4v) is 3.88. The molecule has 1 fully saturated rings. The Bertz CT molecular complexity index is 867. The highest BCUT2D eigenvalue weighted by atomic mass is 79.9. The minimum absolute atomic E-state index is 0.106. The van der Waals surface area contributed by atoms with Crippen molar-refractivity contribution in [1.29, 1.82) is 0 Å². The Labute approximate surface area is 174 Å². The Morgan fingerprint density at radius 1 is 1.21 bits per heavy atom. The van der Waals surface area contributed by atoms with E-state index in [1.807, 2.05) is 44.2 Å². The van der Waals surface area contributed by atoms with E-state index in [1.54, 1.807) is 24.1 Å². The number of ether oxygens (including phenoxy) is 1. The number of likely N-dealkylation sites (tertiary alicyclic amines) is 1. The maximum Gasteiger partial charge on any atom is 0.254 e. The molecule has 0 aliphatic carbocycles. The molecule has 0 radical (unpaired) electrons. The summed E-state index contributed by atoms with van der Waals surface area (Å²) >= 11 is 3.38. The lowest BCUT2D eigenvalue weighted by atomic mass is 10.0. The maximum absolute atomic E-state index is 13.0. The van der Waals surface area contributed by atoms with Gasteiger partial charge in [0.15, 0.2) is 0 Å². The number of methoxy groups -OCH3 is 1. The van der Waals surface area contributed by atoms with Crippen LogP contribution in [0.2, 0.25) is 0 Å². The zero-order valence-electron chi connectivity index (χ0n) is 16.4. The molecule has 1 aliphatic rings. The highest BCUT2D eigenvalue weighted by molar-refractivity contribution is 9.10. The van der Waals surface area contributed by atoms with Gasteiger partial charge in [0.2, 0.25) is 5.91 Å². The predicted octanol–water partition coefficient (Wildman–Crippen LogP) is 4.25. The molecule has 2 atom stereocenters. The van der Waals surface area contributed by atoms with Crippen LogP contribution in [0.1, 0.15) is 47.3 Å². The number of halogens is 1. The molecule has 0 bridgehead atoms. The van der Waals surface area contributed by atoms with E-state index < -0.39 is 6.04 Å². The lowest BCUT2D eigenvalue weighted by Gasteiger charge is -2.26. The number of rotatable bonds is 5. The number of aryl methyl sites for hydroxylation is 1. The molecule has 1 aliphatic heterocycles. The van der Waals surface area contributed by atoms with Crippen molar-refractivity contribution in [3.8, 4) is 5.75 Å². The molecule has 0 saturated carbocycles. The summed E-state index contributed by atoms with van der Waals surface area (Å²) in [5.74, 6) is 0.512. The second-order valence-electron chi connectivity index (χ2n) is 7.14. The number of nitrogens with one attached hydrogen (secondary N) is 1. The second-order valence-corrected chi connectivity index (χ2v) is 8.05. The van der Waals surface area contributed by atoms with E-state index in [-0.39, 0.29) is 17.9 Å². The lowest BCUT2D eigenvalue weighted by molar-refractivity contribution is -0.125. The fourth-order valence-electron chi connectivity index (χ4n) is 3.62. The quantitative estimate of drug-likeness (QED) is 0.749. The molecule has 6 heteroatoms. The van der Waals surface area contributed by atoms with Gasteiger partial charge >= 0.3 is 0 Å². The Hall–Kier alpha value is -2.34. The molecular weight excluding hydrogens is 420 g/mol. The average Bonchev–Trinajstić information content (AvgIpc) is 3.18. The van der Waals surface area contributed by atoms with Crippen LogP contribution in [0.25, 0.3) is 0 Å². The molecule has 0 unspecified atom stereocenters. The Morgan fingerprint density at radius 2 is 1.93 bits per heavy atom. The average molecular weight is 445 g/mol. The van der Waals surface area contributed by atoms with Crippen LogP contribution in [0.4, 0.5) is 0 Å². The van der Waals surface area contributed by atoms with Gasteiger partial charge in [-0.3, -0.25) is 9.59 Å². The molecule has 28 heavy (non-hydrogen) atoms. The van der Waals surface area contributed by atoms with Gasteiger partial charge in [0.05, 0.1) is 13.2 Å². The van der Waals surface area contributed by atoms with Crippen molar-refractivity contribution in [3.05, 3.63) is 63.6 Å². The highest BCUT2D eigenvalue weighted by Gasteiger charge is 2.35. The van der Waals surface area contributed by atoms with E-state index in [4.69, 9.17) is 4.74 Å². The first-order valence-electron chi connectivity index (χ1n) is 9.42. The number of nitrogens with zero attached hydrogens (tertiary/aromatic N) is 1. The molecule has 0 spiro atoms. The largest absolute Gasteiger partial charge is 0.496 e. The SMILES string of the molecule is COc1ccc(C)cc1[C@H](C)NC(=O)[C@@H]1CCCN1C(=O)c1ccc(Br)cc1. The molecular formula is C22H25BrN2O3. The van der Waals surface area contributed by atoms with E-state index >= 15 is 0 Å². The zero-order chi connectivity index (χ0) is 20.3. The summed E-state index contributed by atoms with van der Waals surface area (Å²) in [5, 5.41) is 3.07. The van der Waals surface area contributed by atoms with Crippen LogP contribution >= 0.6 is 15.9 Å². The zero-order valence-corrected chi connectivity index (χ0v) is 18.0. The van der Waals surface area contributed by atoms with Gasteiger partial charge in [-0.2, -0.15) is 0 Å². The Kier molecular flexibility index (Phi) is 6.39. The smallest absolute Gasteiger partial charge is 0.254 e. The summed E-state index contributed by atoms with van der Waals surface area (Å²) in [5.41, 5.74) is 2.63. The van der Waals surface area contributed by atoms with Crippen molar-refractivity contribution in [2.24, 2.45) is 0 Å². The number of hydrogen-bond acceptors (Lipinski definition) is 3. The van der Waals surface area contributed by atoms with Crippen LogP contribution < -0.4 is 10.1 Å². The van der Waals surface area contributed by atoms with Crippen molar-refractivity contribution in [3.63, 3.8) is 0 Å². The Morgan fingerprint density at radius 3 is 2.61 bits per heavy atom. The van der Waals surface area contributed by atoms with Crippen LogP contribution in [0.3, 0.4) is 0 Å². The highest BCUT2D eigenvalue weighted by Crippen LogP contribution is 2.27. The van der Waals surface area contributed by atoms with E-state index in [1.165, 1.54) is 0 Å². The first kappa shape index (κ1) is 20.4. The molecule has 0 aromatic heterocycles. The van der Waals surface area contributed by atoms with Gasteiger partial charge in [0.1, 0.15) is 11.8 Å². The van der Waals surface area contributed by atoms with Gasteiger partial charge in [-0.1, -0.05) is 33.6 Å². The maximum atomic E-state index is 13.0. The molecule has 2 aromatic rings. The van der Waals surface area contributed by atoms with Crippen molar-refractivity contribution in [1.82, 2.24) is 10.2 Å². The number of benzene rings is 2. The number of carbonyl (C=O) groups excluding carboxylic acids is 2. The van der Waals surface area contributed by atoms with E-state index in [2.05, 4.69) is 21.2 Å². The van der Waals surface area contributed by atoms with Crippen LogP contribution in [-0.4, -0.2) is 36.4 Å². The second kappa shape index (κ2) is 8.78. The number of amides is 2. The van der Waals surface area contributed by atoms with Gasteiger partial charge in [-0.25, -0.2) is 0 Å². The van der Waals surface area contributed by atoms with Crippen molar-refractivity contribution < 1.29 is 14.3 Å². The van der Waals surface area contributed by atoms with Gasteiger partial charge in [0.25, 0.3) is 5.91 Å². The minimum atomic E-state index is -0.450. The summed E-state index contributed by atoms with van der Waals surface area (Å²) in [6.07, 6.45) is 1.49. The molecule has 148 valence electrons. The molecule has 2 aromatic carbocycles. The molecule has 2 amide bonds. The van der Waals surface area contributed by atoms with Crippen LogP contribution in [0.15, 0.2) is 46.9 Å². The topological polar surface area (TPSA) is 58.6 Å². The normalized spacial score (nSPS) is 17.3. The summed E-state index contributed by atoms with van der Waals surface area (Å²) < 4.78 is 6.35. The van der Waals surface area contributed by atoms with E-state index in [0.717, 1.165) is 27.8 Å². The van der Waals surface area contributed by atoms with Gasteiger partial charge in [-0.05, 0) is 57.0 Å². The van der Waals surface area contributed by atoms with Crippen LogP contribution in [-0.2, 0) is 4.79 Å². The number of hydrogen-bond donors (Lipinski definition) is 1. The van der Waals surface area contributed by atoms with Crippen LogP contribution in [0, 0.1) is 6.92 Å². The fraction of sp³-hybridized carbons (Fsp3) is 0.364. The third-order valence-electron chi connectivity index (χ3n) is 5.12. The van der Waals surface area contributed by atoms with Gasteiger partial charge < -0.3 is 15.0 Å². The monoisotopic (exact) mass is 444 g/mol. The molecule has 3 rings (SSSR count). The molecule has 1 N–H and O–H groups in total. The molecule has 1 heterocycles. The Balaban J connectivity index is 1.73. The summed E-state index contributed by atoms with van der Waals surface area (Å²) in [6.45, 7) is 4.53. The number of carbonyl (C=O) groups is 2. The van der Waals surface area contributed by atoms with E-state index in [9.17, 15) is 9.59 Å². The molecule has 5 nitrogen and oxygen atoms in total. The summed E-state index contributed by atoms with van der Waals surface area (Å²) in [4.78, 5) is 27.5. The predicted molar refractivity (Wildman–Crippen MR) is 112 cm³/mol. The van der Waals surface area contributed by atoms with Crippen molar-refractivity contribution >= 4 is 27.7 Å². The molecule has 1 saturated heterocycles. The van der Waals surface area contributed by atoms with Crippen LogP contribution in [0.5, 0.6) is 5.75 Å². The van der Waals surface area contributed by atoms with E-state index in [0.29, 0.717) is 18.5 Å². The van der Waals surface area contributed by atoms with Gasteiger partial charge in [-0.15, -0.1) is 0 Å². The minimum Gasteiger partial charge on any atom is -0.496 e. The first-order chi connectivity index (χ1) is 13.4. The third kappa shape index (κ3) is 4.38.